The van der Waals surface area contributed by atoms with Crippen LogP contribution >= 0.6 is 0 Å². The van der Waals surface area contributed by atoms with Crippen molar-refractivity contribution in [1.82, 2.24) is 4.90 Å². The van der Waals surface area contributed by atoms with Gasteiger partial charge in [0.2, 0.25) is 0 Å². The normalized spacial score (nSPS) is 14.0. The Morgan fingerprint density at radius 3 is 1.62 bits per heavy atom. The van der Waals surface area contributed by atoms with E-state index in [1.807, 2.05) is 14.2 Å². The molecule has 0 heterocycles. The summed E-state index contributed by atoms with van der Waals surface area (Å²) in [5.41, 5.74) is 5.59. The van der Waals surface area contributed by atoms with Crippen LogP contribution in [0, 0.1) is 0 Å². The Morgan fingerprint density at radius 2 is 1.21 bits per heavy atom. The second-order valence-electron chi connectivity index (χ2n) is 8.74. The number of nitrogens with two attached hydrogens (primary N) is 1. The van der Waals surface area contributed by atoms with Crippen molar-refractivity contribution in [3.8, 4) is 0 Å². The van der Waals surface area contributed by atoms with Gasteiger partial charge < -0.3 is 19.5 Å². The Bertz CT molecular complexity index is 281. The first-order valence-electron chi connectivity index (χ1n) is 9.66. The fourth-order valence-corrected chi connectivity index (χ4v) is 5.18. The molecular weight excluding hydrogens is 332 g/mol. The van der Waals surface area contributed by atoms with Crippen molar-refractivity contribution in [2.24, 2.45) is 5.73 Å². The Morgan fingerprint density at radius 1 is 0.750 bits per heavy atom. The minimum Gasteiger partial charge on any atom is -0.427 e. The highest BCUT2D eigenvalue weighted by molar-refractivity contribution is 6.32. The van der Waals surface area contributed by atoms with Gasteiger partial charge in [-0.1, -0.05) is 40.5 Å². The summed E-state index contributed by atoms with van der Waals surface area (Å²) >= 11 is 0. The van der Waals surface area contributed by atoms with Crippen molar-refractivity contribution in [2.45, 2.75) is 76.3 Å². The average Bonchev–Trinajstić information content (AvgIpc) is 2.49. The highest BCUT2D eigenvalue weighted by Gasteiger charge is 2.23. The van der Waals surface area contributed by atoms with E-state index in [9.17, 15) is 0 Å². The second-order valence-corrected chi connectivity index (χ2v) is 14.3. The summed E-state index contributed by atoms with van der Waals surface area (Å²) < 4.78 is 11.0. The molecule has 6 heteroatoms. The van der Waals surface area contributed by atoms with E-state index in [1.165, 1.54) is 58.2 Å². The molecule has 0 rings (SSSR count). The van der Waals surface area contributed by atoms with Gasteiger partial charge in [-0.2, -0.15) is 0 Å². The van der Waals surface area contributed by atoms with Crippen molar-refractivity contribution in [3.05, 3.63) is 0 Å². The molecule has 0 aromatic carbocycles. The number of hydrogen-bond acceptors (Lipinski definition) is 4. The standard InChI is InChI=1S/C18H44N2O2Si2/c1-17(2,23-21-5)11-15-20(14-10-8-7-9-13-19)16-12-18(3,4)24-22-6/h7-16,19,23-24H2,1-6H3. The van der Waals surface area contributed by atoms with Crippen molar-refractivity contribution in [3.63, 3.8) is 0 Å². The summed E-state index contributed by atoms with van der Waals surface area (Å²) in [6.07, 6.45) is 7.54. The van der Waals surface area contributed by atoms with Crippen LogP contribution < -0.4 is 5.73 Å². The van der Waals surface area contributed by atoms with Gasteiger partial charge in [-0.15, -0.1) is 0 Å². The van der Waals surface area contributed by atoms with Crippen LogP contribution in [-0.2, 0) is 8.85 Å². The highest BCUT2D eigenvalue weighted by Crippen LogP contribution is 2.30. The molecule has 0 bridgehead atoms. The lowest BCUT2D eigenvalue weighted by molar-refractivity contribution is 0.236. The molecule has 24 heavy (non-hydrogen) atoms. The van der Waals surface area contributed by atoms with E-state index in [1.54, 1.807) is 0 Å². The molecule has 0 unspecified atom stereocenters. The molecule has 0 aliphatic rings. The lowest BCUT2D eigenvalue weighted by Crippen LogP contribution is -2.32. The molecule has 0 amide bonds. The van der Waals surface area contributed by atoms with Crippen LogP contribution in [0.4, 0.5) is 0 Å². The van der Waals surface area contributed by atoms with E-state index < -0.39 is 19.5 Å². The number of rotatable bonds is 16. The van der Waals surface area contributed by atoms with Gasteiger partial charge in [0.25, 0.3) is 0 Å². The molecule has 0 radical (unpaired) electrons. The summed E-state index contributed by atoms with van der Waals surface area (Å²) in [7, 11) is 2.87. The minimum absolute atomic E-state index is 0.392. The van der Waals surface area contributed by atoms with E-state index in [0.29, 0.717) is 10.1 Å². The van der Waals surface area contributed by atoms with Crippen molar-refractivity contribution >= 4 is 19.5 Å². The zero-order chi connectivity index (χ0) is 18.5. The Labute approximate surface area is 156 Å². The van der Waals surface area contributed by atoms with Gasteiger partial charge in [-0.05, 0) is 61.9 Å². The predicted molar refractivity (Wildman–Crippen MR) is 112 cm³/mol. The Hall–Kier alpha value is 0.274. The molecule has 4 nitrogen and oxygen atoms in total. The van der Waals surface area contributed by atoms with E-state index in [-0.39, 0.29) is 0 Å². The van der Waals surface area contributed by atoms with Gasteiger partial charge in [0.1, 0.15) is 0 Å². The Kier molecular flexibility index (Phi) is 13.6. The fraction of sp³-hybridized carbons (Fsp3) is 1.00. The molecule has 146 valence electrons. The van der Waals surface area contributed by atoms with Crippen molar-refractivity contribution in [2.75, 3.05) is 40.4 Å². The summed E-state index contributed by atoms with van der Waals surface area (Å²) in [4.78, 5) is 2.68. The third-order valence-electron chi connectivity index (χ3n) is 4.71. The third-order valence-corrected chi connectivity index (χ3v) is 7.56. The summed E-state index contributed by atoms with van der Waals surface area (Å²) in [6, 6.07) is 0. The van der Waals surface area contributed by atoms with Crippen molar-refractivity contribution < 1.29 is 8.85 Å². The topological polar surface area (TPSA) is 47.7 Å². The number of hydrogen-bond donors (Lipinski definition) is 1. The van der Waals surface area contributed by atoms with Gasteiger partial charge >= 0.3 is 0 Å². The van der Waals surface area contributed by atoms with E-state index >= 15 is 0 Å². The maximum absolute atomic E-state index is 5.59. The van der Waals surface area contributed by atoms with Crippen LogP contribution in [0.15, 0.2) is 0 Å². The summed E-state index contributed by atoms with van der Waals surface area (Å²) in [6.45, 7) is 13.9. The van der Waals surface area contributed by atoms with Gasteiger partial charge in [-0.25, -0.2) is 0 Å². The maximum atomic E-state index is 5.59. The molecule has 0 aliphatic carbocycles. The number of unbranched alkanes of at least 4 members (excludes halogenated alkanes) is 3. The average molecular weight is 377 g/mol. The van der Waals surface area contributed by atoms with Crippen molar-refractivity contribution in [1.29, 1.82) is 0 Å². The predicted octanol–water partition coefficient (Wildman–Crippen LogP) is 2.45. The van der Waals surface area contributed by atoms with E-state index in [2.05, 4.69) is 32.6 Å². The molecule has 0 saturated carbocycles. The van der Waals surface area contributed by atoms with Crippen LogP contribution in [0.1, 0.15) is 66.2 Å². The largest absolute Gasteiger partial charge is 0.427 e. The zero-order valence-corrected chi connectivity index (χ0v) is 20.2. The smallest absolute Gasteiger partial charge is 0.166 e. The lowest BCUT2D eigenvalue weighted by atomic mass is 10.1. The molecular formula is C18H44N2O2Si2. The lowest BCUT2D eigenvalue weighted by Gasteiger charge is -2.31. The highest BCUT2D eigenvalue weighted by atomic mass is 28.2. The van der Waals surface area contributed by atoms with Crippen LogP contribution in [0.25, 0.3) is 0 Å². The quantitative estimate of drug-likeness (QED) is 0.332. The first-order valence-corrected chi connectivity index (χ1v) is 12.2. The maximum Gasteiger partial charge on any atom is 0.166 e. The first-order chi connectivity index (χ1) is 11.3. The van der Waals surface area contributed by atoms with E-state index in [4.69, 9.17) is 14.6 Å². The van der Waals surface area contributed by atoms with Crippen LogP contribution in [0.2, 0.25) is 10.1 Å². The number of nitrogens with zero attached hydrogens (tertiary/aromatic N) is 1. The molecule has 0 aromatic rings. The fourth-order valence-electron chi connectivity index (χ4n) is 3.02. The molecule has 2 N–H and O–H groups in total. The molecule has 0 aliphatic heterocycles. The third kappa shape index (κ3) is 13.6. The van der Waals surface area contributed by atoms with Crippen LogP contribution in [-0.4, -0.2) is 64.8 Å². The van der Waals surface area contributed by atoms with Crippen LogP contribution in [0.5, 0.6) is 0 Å². The molecule has 0 atom stereocenters. The van der Waals surface area contributed by atoms with Gasteiger partial charge in [0, 0.05) is 14.2 Å². The van der Waals surface area contributed by atoms with E-state index in [0.717, 1.165) is 6.54 Å². The Balaban J connectivity index is 4.37. The first kappa shape index (κ1) is 24.3. The SMILES string of the molecule is CO[SiH2]C(C)(C)CCN(CCCCCCN)CCC(C)(C)[SiH2]OC. The van der Waals surface area contributed by atoms with Gasteiger partial charge in [0.15, 0.2) is 19.5 Å². The summed E-state index contributed by atoms with van der Waals surface area (Å²) in [5, 5.41) is 0.784. The van der Waals surface area contributed by atoms with Crippen LogP contribution in [0.3, 0.4) is 0 Å². The second kappa shape index (κ2) is 13.5. The molecule has 0 spiro atoms. The van der Waals surface area contributed by atoms with Gasteiger partial charge in [0.05, 0.1) is 0 Å². The molecule has 0 saturated heterocycles. The minimum atomic E-state index is -0.427. The molecule has 0 aromatic heterocycles. The summed E-state index contributed by atoms with van der Waals surface area (Å²) in [5.74, 6) is 0. The van der Waals surface area contributed by atoms with Gasteiger partial charge in [-0.3, -0.25) is 0 Å². The monoisotopic (exact) mass is 376 g/mol. The zero-order valence-electron chi connectivity index (χ0n) is 17.3. The molecule has 0 fully saturated rings.